The highest BCUT2D eigenvalue weighted by atomic mass is 16.4. The van der Waals surface area contributed by atoms with Crippen molar-refractivity contribution >= 4 is 16.9 Å². The molecule has 1 saturated heterocycles. The minimum absolute atomic E-state index is 0.215. The molecular formula is C27H25NO3. The number of aryl methyl sites for hydroxylation is 2. The maximum absolute atomic E-state index is 10.9. The fraction of sp³-hybridized carbons (Fsp3) is 0.222. The van der Waals surface area contributed by atoms with E-state index in [2.05, 4.69) is 83.8 Å². The molecule has 0 saturated carbocycles. The van der Waals surface area contributed by atoms with E-state index in [1.807, 2.05) is 0 Å². The minimum Gasteiger partial charge on any atom is -0.481 e. The van der Waals surface area contributed by atoms with E-state index < -0.39 is 5.97 Å². The highest BCUT2D eigenvalue weighted by Crippen LogP contribution is 2.29. The van der Waals surface area contributed by atoms with E-state index in [0.717, 1.165) is 41.7 Å². The summed E-state index contributed by atoms with van der Waals surface area (Å²) in [6, 6.07) is 27.5. The first-order chi connectivity index (χ1) is 15.1. The number of nitrogens with zero attached hydrogens (tertiary/aromatic N) is 1. The molecule has 1 N–H and O–H groups in total. The summed E-state index contributed by atoms with van der Waals surface area (Å²) in [6.07, 6.45) is 2.04. The quantitative estimate of drug-likeness (QED) is 0.442. The van der Waals surface area contributed by atoms with Gasteiger partial charge in [-0.25, -0.2) is 0 Å². The molecule has 5 rings (SSSR count). The molecule has 0 spiro atoms. The van der Waals surface area contributed by atoms with Crippen LogP contribution < -0.4 is 0 Å². The zero-order chi connectivity index (χ0) is 21.2. The van der Waals surface area contributed by atoms with Crippen molar-refractivity contribution in [3.63, 3.8) is 0 Å². The SMILES string of the molecule is O=C(O)C1CN(Cc2ccc(-c3cc4cc(CCc5ccccc5)ccc4o3)cc2)C1. The van der Waals surface area contributed by atoms with Crippen LogP contribution in [0.25, 0.3) is 22.3 Å². The van der Waals surface area contributed by atoms with Gasteiger partial charge in [-0.2, -0.15) is 0 Å². The fourth-order valence-corrected chi connectivity index (χ4v) is 4.21. The smallest absolute Gasteiger partial charge is 0.309 e. The normalized spacial score (nSPS) is 14.6. The summed E-state index contributed by atoms with van der Waals surface area (Å²) in [5.41, 5.74) is 5.81. The Bertz CT molecular complexity index is 1190. The number of hydrogen-bond acceptors (Lipinski definition) is 3. The Morgan fingerprint density at radius 2 is 1.58 bits per heavy atom. The molecule has 1 aliphatic rings. The molecule has 2 heterocycles. The molecule has 156 valence electrons. The molecule has 0 amide bonds. The van der Waals surface area contributed by atoms with Gasteiger partial charge in [-0.15, -0.1) is 0 Å². The molecular weight excluding hydrogens is 386 g/mol. The van der Waals surface area contributed by atoms with E-state index >= 15 is 0 Å². The summed E-state index contributed by atoms with van der Waals surface area (Å²) in [5, 5.41) is 10.1. The Morgan fingerprint density at radius 3 is 2.32 bits per heavy atom. The third-order valence-corrected chi connectivity index (χ3v) is 6.08. The summed E-state index contributed by atoms with van der Waals surface area (Å²) < 4.78 is 6.09. The summed E-state index contributed by atoms with van der Waals surface area (Å²) in [6.45, 7) is 2.05. The predicted molar refractivity (Wildman–Crippen MR) is 122 cm³/mol. The Hall–Kier alpha value is -3.37. The van der Waals surface area contributed by atoms with Crippen molar-refractivity contribution < 1.29 is 14.3 Å². The van der Waals surface area contributed by atoms with Gasteiger partial charge in [-0.05, 0) is 47.7 Å². The molecule has 0 aliphatic carbocycles. The number of aliphatic carboxylic acids is 1. The Labute approximate surface area is 181 Å². The van der Waals surface area contributed by atoms with Crippen LogP contribution in [-0.4, -0.2) is 29.1 Å². The van der Waals surface area contributed by atoms with E-state index in [1.165, 1.54) is 16.7 Å². The van der Waals surface area contributed by atoms with Crippen molar-refractivity contribution in [3.05, 3.63) is 95.6 Å². The molecule has 0 atom stereocenters. The van der Waals surface area contributed by atoms with Gasteiger partial charge in [0.05, 0.1) is 5.92 Å². The Balaban J connectivity index is 1.25. The molecule has 4 nitrogen and oxygen atoms in total. The topological polar surface area (TPSA) is 53.7 Å². The van der Waals surface area contributed by atoms with Crippen LogP contribution in [0.3, 0.4) is 0 Å². The van der Waals surface area contributed by atoms with Gasteiger partial charge < -0.3 is 9.52 Å². The van der Waals surface area contributed by atoms with E-state index in [9.17, 15) is 4.79 Å². The number of rotatable bonds is 7. The second kappa shape index (κ2) is 8.40. The Morgan fingerprint density at radius 1 is 0.871 bits per heavy atom. The van der Waals surface area contributed by atoms with Crippen LogP contribution in [0, 0.1) is 5.92 Å². The molecule has 1 aromatic heterocycles. The first-order valence-electron chi connectivity index (χ1n) is 10.7. The number of benzene rings is 3. The monoisotopic (exact) mass is 411 g/mol. The fourth-order valence-electron chi connectivity index (χ4n) is 4.21. The van der Waals surface area contributed by atoms with Gasteiger partial charge >= 0.3 is 5.97 Å². The van der Waals surface area contributed by atoms with Crippen LogP contribution in [0.1, 0.15) is 16.7 Å². The molecule has 0 unspecified atom stereocenters. The molecule has 3 aromatic carbocycles. The average molecular weight is 412 g/mol. The highest BCUT2D eigenvalue weighted by Gasteiger charge is 2.32. The van der Waals surface area contributed by atoms with E-state index in [0.29, 0.717) is 13.1 Å². The molecule has 1 aliphatic heterocycles. The summed E-state index contributed by atoms with van der Waals surface area (Å²) in [5.74, 6) is -0.0382. The number of likely N-dealkylation sites (tertiary alicyclic amines) is 1. The number of fused-ring (bicyclic) bond motifs is 1. The zero-order valence-corrected chi connectivity index (χ0v) is 17.3. The lowest BCUT2D eigenvalue weighted by atomic mass is 9.99. The standard InChI is InChI=1S/C27H25NO3/c29-27(30)24-17-28(18-24)16-21-8-11-22(12-9-21)26-15-23-14-20(10-13-25(23)31-26)7-6-19-4-2-1-3-5-19/h1-5,8-15,24H,6-7,16-18H2,(H,29,30). The third-order valence-electron chi connectivity index (χ3n) is 6.08. The van der Waals surface area contributed by atoms with Crippen molar-refractivity contribution in [1.82, 2.24) is 4.90 Å². The lowest BCUT2D eigenvalue weighted by Crippen LogP contribution is -2.49. The second-order valence-corrected chi connectivity index (χ2v) is 8.39. The van der Waals surface area contributed by atoms with Crippen molar-refractivity contribution in [3.8, 4) is 11.3 Å². The highest BCUT2D eigenvalue weighted by molar-refractivity contribution is 5.83. The van der Waals surface area contributed by atoms with Crippen molar-refractivity contribution in [2.75, 3.05) is 13.1 Å². The van der Waals surface area contributed by atoms with Crippen LogP contribution >= 0.6 is 0 Å². The van der Waals surface area contributed by atoms with Gasteiger partial charge in [-0.3, -0.25) is 9.69 Å². The van der Waals surface area contributed by atoms with Crippen LogP contribution in [-0.2, 0) is 24.2 Å². The Kier molecular flexibility index (Phi) is 5.31. The zero-order valence-electron chi connectivity index (χ0n) is 17.3. The molecule has 4 heteroatoms. The number of carboxylic acid groups (broad SMARTS) is 1. The molecule has 4 aromatic rings. The summed E-state index contributed by atoms with van der Waals surface area (Å²) >= 11 is 0. The van der Waals surface area contributed by atoms with Gasteiger partial charge in [0, 0.05) is 30.6 Å². The van der Waals surface area contributed by atoms with Crippen LogP contribution in [0.5, 0.6) is 0 Å². The second-order valence-electron chi connectivity index (χ2n) is 8.39. The van der Waals surface area contributed by atoms with E-state index in [-0.39, 0.29) is 5.92 Å². The molecule has 0 bridgehead atoms. The maximum Gasteiger partial charge on any atom is 0.309 e. The number of carbonyl (C=O) groups is 1. The summed E-state index contributed by atoms with van der Waals surface area (Å²) in [7, 11) is 0. The maximum atomic E-state index is 10.9. The lowest BCUT2D eigenvalue weighted by Gasteiger charge is -2.36. The summed E-state index contributed by atoms with van der Waals surface area (Å²) in [4.78, 5) is 13.1. The first-order valence-corrected chi connectivity index (χ1v) is 10.7. The van der Waals surface area contributed by atoms with Crippen molar-refractivity contribution in [1.29, 1.82) is 0 Å². The van der Waals surface area contributed by atoms with Crippen molar-refractivity contribution in [2.24, 2.45) is 5.92 Å². The molecule has 1 fully saturated rings. The van der Waals surface area contributed by atoms with E-state index in [4.69, 9.17) is 9.52 Å². The van der Waals surface area contributed by atoms with Crippen LogP contribution in [0.15, 0.2) is 83.3 Å². The van der Waals surface area contributed by atoms with Gasteiger partial charge in [0.25, 0.3) is 0 Å². The largest absolute Gasteiger partial charge is 0.481 e. The average Bonchev–Trinajstić information content (AvgIpc) is 3.19. The number of carboxylic acids is 1. The van der Waals surface area contributed by atoms with Gasteiger partial charge in [0.1, 0.15) is 11.3 Å². The lowest BCUT2D eigenvalue weighted by molar-refractivity contribution is -0.147. The van der Waals surface area contributed by atoms with Gasteiger partial charge in [-0.1, -0.05) is 60.7 Å². The number of hydrogen-bond donors (Lipinski definition) is 1. The van der Waals surface area contributed by atoms with E-state index in [1.54, 1.807) is 0 Å². The van der Waals surface area contributed by atoms with Crippen molar-refractivity contribution in [2.45, 2.75) is 19.4 Å². The minimum atomic E-state index is -0.695. The van der Waals surface area contributed by atoms with Crippen LogP contribution in [0.2, 0.25) is 0 Å². The number of furan rings is 1. The first kappa shape index (κ1) is 19.6. The predicted octanol–water partition coefficient (Wildman–Crippen LogP) is 5.40. The third kappa shape index (κ3) is 4.39. The van der Waals surface area contributed by atoms with Crippen LogP contribution in [0.4, 0.5) is 0 Å². The molecule has 0 radical (unpaired) electrons. The molecule has 31 heavy (non-hydrogen) atoms. The van der Waals surface area contributed by atoms with Gasteiger partial charge in [0.15, 0.2) is 0 Å². The van der Waals surface area contributed by atoms with Gasteiger partial charge in [0.2, 0.25) is 0 Å².